The summed E-state index contributed by atoms with van der Waals surface area (Å²) in [4.78, 5) is 55.4. The van der Waals surface area contributed by atoms with Crippen LogP contribution in [0, 0.1) is 12.8 Å². The lowest BCUT2D eigenvalue weighted by Crippen LogP contribution is -2.49. The van der Waals surface area contributed by atoms with E-state index in [1.807, 2.05) is 24.3 Å². The Morgan fingerprint density at radius 1 is 0.968 bits per heavy atom. The van der Waals surface area contributed by atoms with Crippen molar-refractivity contribution in [1.82, 2.24) is 9.88 Å². The van der Waals surface area contributed by atoms with Crippen LogP contribution in [0.1, 0.15) is 50.6 Å². The first-order valence-electron chi connectivity index (χ1n) is 10.0. The zero-order valence-electron chi connectivity index (χ0n) is 17.5. The van der Waals surface area contributed by atoms with Crippen molar-refractivity contribution in [1.29, 1.82) is 0 Å². The average molecular weight is 418 g/mol. The third-order valence-corrected chi connectivity index (χ3v) is 5.49. The number of carbonyl (C=O) groups is 4. The van der Waals surface area contributed by atoms with Crippen LogP contribution in [0.4, 0.5) is 0 Å². The molecule has 0 saturated carbocycles. The van der Waals surface area contributed by atoms with Gasteiger partial charge in [0, 0.05) is 22.2 Å². The second-order valence-electron chi connectivity index (χ2n) is 7.92. The van der Waals surface area contributed by atoms with E-state index in [1.165, 1.54) is 0 Å². The van der Waals surface area contributed by atoms with Gasteiger partial charge in [-0.05, 0) is 31.0 Å². The smallest absolute Gasteiger partial charge is 0.330 e. The monoisotopic (exact) mass is 418 g/mol. The Bertz CT molecular complexity index is 1190. The first-order chi connectivity index (χ1) is 14.8. The third-order valence-electron chi connectivity index (χ3n) is 5.49. The van der Waals surface area contributed by atoms with Crippen molar-refractivity contribution in [2.24, 2.45) is 5.92 Å². The van der Waals surface area contributed by atoms with Crippen LogP contribution in [0.25, 0.3) is 10.9 Å². The Labute approximate surface area is 179 Å². The molecule has 0 unspecified atom stereocenters. The molecule has 1 atom stereocenters. The van der Waals surface area contributed by atoms with Gasteiger partial charge in [-0.2, -0.15) is 0 Å². The molecule has 1 aliphatic rings. The van der Waals surface area contributed by atoms with Gasteiger partial charge in [0.15, 0.2) is 6.61 Å². The van der Waals surface area contributed by atoms with E-state index in [1.54, 1.807) is 45.0 Å². The Balaban J connectivity index is 1.54. The number of aromatic amines is 1. The molecule has 0 saturated heterocycles. The molecule has 1 N–H and O–H groups in total. The molecule has 0 bridgehead atoms. The highest BCUT2D eigenvalue weighted by Gasteiger charge is 2.44. The van der Waals surface area contributed by atoms with Gasteiger partial charge in [0.1, 0.15) is 6.04 Å². The molecule has 1 aliphatic heterocycles. The zero-order chi connectivity index (χ0) is 22.3. The van der Waals surface area contributed by atoms with Crippen LogP contribution in [0.3, 0.4) is 0 Å². The number of carbonyl (C=O) groups excluding carboxylic acids is 4. The van der Waals surface area contributed by atoms with Gasteiger partial charge in [0.05, 0.1) is 11.1 Å². The van der Waals surface area contributed by atoms with E-state index < -0.39 is 30.4 Å². The number of imide groups is 1. The number of esters is 1. The lowest BCUT2D eigenvalue weighted by Gasteiger charge is -2.27. The molecule has 158 valence electrons. The van der Waals surface area contributed by atoms with Gasteiger partial charge in [-0.3, -0.25) is 19.3 Å². The Morgan fingerprint density at radius 3 is 2.16 bits per heavy atom. The molecule has 2 heterocycles. The topological polar surface area (TPSA) is 96.5 Å². The maximum Gasteiger partial charge on any atom is 0.330 e. The van der Waals surface area contributed by atoms with Crippen molar-refractivity contribution >= 4 is 34.5 Å². The summed E-state index contributed by atoms with van der Waals surface area (Å²) in [7, 11) is 0. The number of ketones is 1. The van der Waals surface area contributed by atoms with E-state index in [0.29, 0.717) is 11.3 Å². The summed E-state index contributed by atoms with van der Waals surface area (Å²) in [5, 5.41) is 0.752. The van der Waals surface area contributed by atoms with Crippen molar-refractivity contribution in [3.63, 3.8) is 0 Å². The minimum absolute atomic E-state index is 0.261. The molecule has 3 aromatic rings. The number of nitrogens with one attached hydrogen (secondary N) is 1. The van der Waals surface area contributed by atoms with E-state index in [2.05, 4.69) is 4.98 Å². The number of benzene rings is 2. The third kappa shape index (κ3) is 3.42. The van der Waals surface area contributed by atoms with E-state index in [4.69, 9.17) is 4.74 Å². The van der Waals surface area contributed by atoms with Crippen LogP contribution in [0.2, 0.25) is 0 Å². The number of aromatic nitrogens is 1. The van der Waals surface area contributed by atoms with Gasteiger partial charge in [-0.1, -0.05) is 44.2 Å². The number of hydrogen-bond donors (Lipinski definition) is 1. The van der Waals surface area contributed by atoms with Crippen LogP contribution >= 0.6 is 0 Å². The summed E-state index contributed by atoms with van der Waals surface area (Å²) >= 11 is 0. The number of ether oxygens (including phenoxy) is 1. The zero-order valence-corrected chi connectivity index (χ0v) is 17.5. The SMILES string of the molecule is Cc1[nH]c2ccccc2c1C(=O)COC(=O)[C@H](C(C)C)N1C(=O)c2ccccc2C1=O. The standard InChI is InChI=1S/C24H22N2O5/c1-13(2)21(26-22(28)15-8-4-5-9-16(15)23(26)29)24(30)31-12-19(27)20-14(3)25-18-11-7-6-10-17(18)20/h4-11,13,21,25H,12H2,1-3H3/t21-/m0/s1. The molecule has 0 aliphatic carbocycles. The fourth-order valence-electron chi connectivity index (χ4n) is 4.07. The molecule has 7 heteroatoms. The largest absolute Gasteiger partial charge is 0.456 e. The number of para-hydroxylation sites is 1. The summed E-state index contributed by atoms with van der Waals surface area (Å²) in [6, 6.07) is 12.7. The fraction of sp³-hybridized carbons (Fsp3) is 0.250. The molecule has 1 aromatic heterocycles. The molecule has 2 aromatic carbocycles. The Hall–Kier alpha value is -3.74. The van der Waals surface area contributed by atoms with Gasteiger partial charge in [-0.15, -0.1) is 0 Å². The summed E-state index contributed by atoms with van der Waals surface area (Å²) in [6.07, 6.45) is 0. The second-order valence-corrected chi connectivity index (χ2v) is 7.92. The molecule has 0 spiro atoms. The van der Waals surface area contributed by atoms with Crippen LogP contribution in [0.5, 0.6) is 0 Å². The van der Waals surface area contributed by atoms with Crippen molar-refractivity contribution in [3.8, 4) is 0 Å². The van der Waals surface area contributed by atoms with Gasteiger partial charge < -0.3 is 9.72 Å². The number of H-pyrrole nitrogens is 1. The van der Waals surface area contributed by atoms with Crippen LogP contribution < -0.4 is 0 Å². The molecule has 2 amide bonds. The van der Waals surface area contributed by atoms with E-state index in [-0.39, 0.29) is 22.8 Å². The molecular formula is C24H22N2O5. The lowest BCUT2D eigenvalue weighted by molar-refractivity contribution is -0.148. The van der Waals surface area contributed by atoms with E-state index >= 15 is 0 Å². The van der Waals surface area contributed by atoms with Crippen molar-refractivity contribution < 1.29 is 23.9 Å². The van der Waals surface area contributed by atoms with Crippen LogP contribution in [-0.4, -0.2) is 46.1 Å². The number of amides is 2. The number of Topliss-reactive ketones (excluding diaryl/α,β-unsaturated/α-hetero) is 1. The van der Waals surface area contributed by atoms with Gasteiger partial charge in [-0.25, -0.2) is 4.79 Å². The maximum atomic E-state index is 12.9. The van der Waals surface area contributed by atoms with Crippen molar-refractivity contribution in [2.75, 3.05) is 6.61 Å². The number of fused-ring (bicyclic) bond motifs is 2. The quantitative estimate of drug-likeness (QED) is 0.375. The fourth-order valence-corrected chi connectivity index (χ4v) is 4.07. The number of hydrogen-bond acceptors (Lipinski definition) is 5. The minimum atomic E-state index is -1.12. The number of nitrogens with zero attached hydrogens (tertiary/aromatic N) is 1. The lowest BCUT2D eigenvalue weighted by atomic mass is 10.0. The highest BCUT2D eigenvalue weighted by molar-refractivity contribution is 6.22. The first-order valence-corrected chi connectivity index (χ1v) is 10.0. The number of rotatable bonds is 6. The predicted molar refractivity (Wildman–Crippen MR) is 114 cm³/mol. The first kappa shape index (κ1) is 20.5. The van der Waals surface area contributed by atoms with Crippen molar-refractivity contribution in [3.05, 3.63) is 70.9 Å². The van der Waals surface area contributed by atoms with Crippen LogP contribution in [0.15, 0.2) is 48.5 Å². The predicted octanol–water partition coefficient (Wildman–Crippen LogP) is 3.52. The van der Waals surface area contributed by atoms with E-state index in [0.717, 1.165) is 15.8 Å². The summed E-state index contributed by atoms with van der Waals surface area (Å²) < 4.78 is 5.31. The molecule has 7 nitrogen and oxygen atoms in total. The Kier molecular flexibility index (Phi) is 5.19. The van der Waals surface area contributed by atoms with Crippen LogP contribution in [-0.2, 0) is 9.53 Å². The molecule has 31 heavy (non-hydrogen) atoms. The van der Waals surface area contributed by atoms with Gasteiger partial charge >= 0.3 is 5.97 Å². The average Bonchev–Trinajstić information content (AvgIpc) is 3.21. The summed E-state index contributed by atoms with van der Waals surface area (Å²) in [5.41, 5.74) is 2.49. The maximum absolute atomic E-state index is 12.9. The second kappa shape index (κ2) is 7.83. The Morgan fingerprint density at radius 2 is 1.55 bits per heavy atom. The van der Waals surface area contributed by atoms with Crippen molar-refractivity contribution in [2.45, 2.75) is 26.8 Å². The summed E-state index contributed by atoms with van der Waals surface area (Å²) in [5.74, 6) is -2.59. The summed E-state index contributed by atoms with van der Waals surface area (Å²) in [6.45, 7) is 4.75. The number of aryl methyl sites for hydroxylation is 1. The van der Waals surface area contributed by atoms with Gasteiger partial charge in [0.25, 0.3) is 11.8 Å². The van der Waals surface area contributed by atoms with Gasteiger partial charge in [0.2, 0.25) is 5.78 Å². The highest BCUT2D eigenvalue weighted by atomic mass is 16.5. The molecule has 0 radical (unpaired) electrons. The molecule has 0 fully saturated rings. The van der Waals surface area contributed by atoms with E-state index in [9.17, 15) is 19.2 Å². The molecular weight excluding hydrogens is 396 g/mol. The minimum Gasteiger partial charge on any atom is -0.456 e. The highest BCUT2D eigenvalue weighted by Crippen LogP contribution is 2.28. The normalized spacial score (nSPS) is 14.3. The molecule has 4 rings (SSSR count).